The average Bonchev–Trinajstić information content (AvgIpc) is 2.67. The summed E-state index contributed by atoms with van der Waals surface area (Å²) in [5, 5.41) is 12.4. The lowest BCUT2D eigenvalue weighted by atomic mass is 9.87. The smallest absolute Gasteiger partial charge is 0.262 e. The number of amides is 1. The van der Waals surface area contributed by atoms with Gasteiger partial charge in [0.2, 0.25) is 0 Å². The van der Waals surface area contributed by atoms with Gasteiger partial charge in [-0.2, -0.15) is 5.26 Å². The van der Waals surface area contributed by atoms with Gasteiger partial charge in [0, 0.05) is 29.4 Å². The molecule has 0 radical (unpaired) electrons. The van der Waals surface area contributed by atoms with Gasteiger partial charge in [-0.15, -0.1) is 0 Å². The number of nitrogens with zero attached hydrogens (tertiary/aromatic N) is 2. The highest BCUT2D eigenvalue weighted by Gasteiger charge is 2.31. The lowest BCUT2D eigenvalue weighted by molar-refractivity contribution is -0.117. The molecule has 0 saturated heterocycles. The number of allylic oxidation sites excluding steroid dienone is 1. The van der Waals surface area contributed by atoms with Gasteiger partial charge in [0.25, 0.3) is 5.91 Å². The van der Waals surface area contributed by atoms with Crippen LogP contribution in [0.25, 0.3) is 11.6 Å². The topological polar surface area (TPSA) is 56.1 Å². The SMILES string of the molecule is CCN1c2cc(F)c(/C=C(\C#N)C(=O)NC3CCCCC3)cc2C(C)=CC1(C)C. The minimum atomic E-state index is -0.425. The molecule has 1 aliphatic heterocycles. The summed E-state index contributed by atoms with van der Waals surface area (Å²) in [4.78, 5) is 14.7. The predicted molar refractivity (Wildman–Crippen MR) is 116 cm³/mol. The van der Waals surface area contributed by atoms with Crippen LogP contribution < -0.4 is 10.2 Å². The van der Waals surface area contributed by atoms with Crippen LogP contribution in [0.1, 0.15) is 70.9 Å². The number of nitriles is 1. The Bertz CT molecular complexity index is 901. The van der Waals surface area contributed by atoms with Gasteiger partial charge in [-0.3, -0.25) is 4.79 Å². The molecule has 5 heteroatoms. The fraction of sp³-hybridized carbons (Fsp3) is 0.500. The minimum absolute atomic E-state index is 0.0560. The van der Waals surface area contributed by atoms with Crippen LogP contribution in [0, 0.1) is 17.1 Å². The Balaban J connectivity index is 1.93. The van der Waals surface area contributed by atoms with E-state index < -0.39 is 11.7 Å². The largest absolute Gasteiger partial charge is 0.363 e. The number of likely N-dealkylation sites (N-methyl/N-ethyl adjacent to an activating group) is 1. The van der Waals surface area contributed by atoms with Crippen LogP contribution >= 0.6 is 0 Å². The first-order valence-electron chi connectivity index (χ1n) is 10.5. The van der Waals surface area contributed by atoms with E-state index in [1.165, 1.54) is 18.6 Å². The number of carbonyl (C=O) groups excluding carboxylic acids is 1. The molecule has 1 aromatic rings. The first-order valence-corrected chi connectivity index (χ1v) is 10.5. The quantitative estimate of drug-likeness (QED) is 0.563. The minimum Gasteiger partial charge on any atom is -0.363 e. The summed E-state index contributed by atoms with van der Waals surface area (Å²) in [5.41, 5.74) is 2.85. The summed E-state index contributed by atoms with van der Waals surface area (Å²) in [7, 11) is 0. The van der Waals surface area contributed by atoms with Gasteiger partial charge in [0.15, 0.2) is 0 Å². The number of fused-ring (bicyclic) bond motifs is 1. The highest BCUT2D eigenvalue weighted by molar-refractivity contribution is 6.02. The zero-order valence-corrected chi connectivity index (χ0v) is 17.8. The van der Waals surface area contributed by atoms with Crippen molar-refractivity contribution < 1.29 is 9.18 Å². The number of carbonyl (C=O) groups is 1. The molecule has 0 unspecified atom stereocenters. The van der Waals surface area contributed by atoms with E-state index in [-0.39, 0.29) is 22.7 Å². The second-order valence-electron chi connectivity index (χ2n) is 8.59. The normalized spacial score (nSPS) is 19.2. The van der Waals surface area contributed by atoms with Crippen molar-refractivity contribution in [3.05, 3.63) is 40.7 Å². The molecular formula is C24H30FN3O. The Morgan fingerprint density at radius 1 is 1.34 bits per heavy atom. The van der Waals surface area contributed by atoms with Gasteiger partial charge in [0.05, 0.1) is 5.54 Å². The van der Waals surface area contributed by atoms with Gasteiger partial charge in [-0.1, -0.05) is 25.3 Å². The summed E-state index contributed by atoms with van der Waals surface area (Å²) in [6.07, 6.45) is 8.78. The van der Waals surface area contributed by atoms with Crippen molar-refractivity contribution in [2.75, 3.05) is 11.4 Å². The van der Waals surface area contributed by atoms with Crippen molar-refractivity contribution in [2.45, 2.75) is 71.4 Å². The van der Waals surface area contributed by atoms with E-state index in [2.05, 4.69) is 37.1 Å². The summed E-state index contributed by atoms with van der Waals surface area (Å²) in [5.74, 6) is -0.842. The molecule has 1 heterocycles. The predicted octanol–water partition coefficient (Wildman–Crippen LogP) is 5.20. The van der Waals surface area contributed by atoms with Crippen LogP contribution in [-0.4, -0.2) is 24.0 Å². The van der Waals surface area contributed by atoms with Gasteiger partial charge in [-0.25, -0.2) is 4.39 Å². The van der Waals surface area contributed by atoms with Crippen molar-refractivity contribution in [3.8, 4) is 6.07 Å². The summed E-state index contributed by atoms with van der Waals surface area (Å²) >= 11 is 0. The van der Waals surface area contributed by atoms with E-state index in [0.29, 0.717) is 0 Å². The molecule has 1 saturated carbocycles. The Kier molecular flexibility index (Phi) is 6.12. The van der Waals surface area contributed by atoms with Crippen molar-refractivity contribution in [1.29, 1.82) is 5.26 Å². The van der Waals surface area contributed by atoms with Crippen molar-refractivity contribution >= 4 is 23.2 Å². The maximum atomic E-state index is 15.0. The maximum Gasteiger partial charge on any atom is 0.262 e. The molecule has 1 aromatic carbocycles. The first-order chi connectivity index (χ1) is 13.8. The molecule has 1 N–H and O–H groups in total. The van der Waals surface area contributed by atoms with Crippen LogP contribution in [0.4, 0.5) is 10.1 Å². The highest BCUT2D eigenvalue weighted by atomic mass is 19.1. The van der Waals surface area contributed by atoms with E-state index >= 15 is 0 Å². The molecule has 4 nitrogen and oxygen atoms in total. The number of nitrogens with one attached hydrogen (secondary N) is 1. The third-order valence-electron chi connectivity index (χ3n) is 6.02. The van der Waals surface area contributed by atoms with Crippen LogP contribution in [0.15, 0.2) is 23.8 Å². The lowest BCUT2D eigenvalue weighted by Gasteiger charge is -2.42. The van der Waals surface area contributed by atoms with Gasteiger partial charge >= 0.3 is 0 Å². The second kappa shape index (κ2) is 8.41. The molecule has 1 aliphatic carbocycles. The van der Waals surface area contributed by atoms with E-state index in [9.17, 15) is 14.4 Å². The number of rotatable bonds is 4. The number of anilines is 1. The third kappa shape index (κ3) is 4.37. The van der Waals surface area contributed by atoms with Gasteiger partial charge < -0.3 is 10.2 Å². The van der Waals surface area contributed by atoms with Crippen molar-refractivity contribution in [3.63, 3.8) is 0 Å². The Hall–Kier alpha value is -2.61. The molecule has 29 heavy (non-hydrogen) atoms. The summed E-state index contributed by atoms with van der Waals surface area (Å²) < 4.78 is 15.0. The standard InChI is InChI=1S/C24H30FN3O/c1-5-28-22-13-21(25)17(12-20(22)16(2)14-24(28,3)4)11-18(15-26)23(29)27-19-9-7-6-8-10-19/h11-14,19H,5-10H2,1-4H3,(H,27,29)/b18-11+. The monoisotopic (exact) mass is 395 g/mol. The summed E-state index contributed by atoms with van der Waals surface area (Å²) in [6.45, 7) is 9.04. The number of hydrogen-bond donors (Lipinski definition) is 1. The molecule has 154 valence electrons. The Morgan fingerprint density at radius 2 is 2.03 bits per heavy atom. The number of benzene rings is 1. The zero-order chi connectivity index (χ0) is 21.2. The molecular weight excluding hydrogens is 365 g/mol. The van der Waals surface area contributed by atoms with Gasteiger partial charge in [0.1, 0.15) is 17.5 Å². The fourth-order valence-corrected chi connectivity index (χ4v) is 4.62. The lowest BCUT2D eigenvalue weighted by Crippen LogP contribution is -2.45. The second-order valence-corrected chi connectivity index (χ2v) is 8.59. The summed E-state index contributed by atoms with van der Waals surface area (Å²) in [6, 6.07) is 5.33. The fourth-order valence-electron chi connectivity index (χ4n) is 4.62. The number of hydrogen-bond acceptors (Lipinski definition) is 3. The van der Waals surface area contributed by atoms with E-state index in [0.717, 1.165) is 49.1 Å². The molecule has 1 fully saturated rings. The van der Waals surface area contributed by atoms with Crippen LogP contribution in [-0.2, 0) is 4.79 Å². The molecule has 3 rings (SSSR count). The maximum absolute atomic E-state index is 15.0. The van der Waals surface area contributed by atoms with Crippen LogP contribution in [0.5, 0.6) is 0 Å². The first kappa shape index (κ1) is 21.1. The Labute approximate surface area is 173 Å². The van der Waals surface area contributed by atoms with Crippen molar-refractivity contribution in [1.82, 2.24) is 5.32 Å². The molecule has 2 aliphatic rings. The number of halogens is 1. The molecule has 1 amide bonds. The van der Waals surface area contributed by atoms with E-state index in [1.807, 2.05) is 13.0 Å². The molecule has 0 atom stereocenters. The zero-order valence-electron chi connectivity index (χ0n) is 17.8. The molecule has 0 spiro atoms. The third-order valence-corrected chi connectivity index (χ3v) is 6.02. The van der Waals surface area contributed by atoms with E-state index in [1.54, 1.807) is 6.07 Å². The average molecular weight is 396 g/mol. The van der Waals surface area contributed by atoms with Crippen LogP contribution in [0.3, 0.4) is 0 Å². The highest BCUT2D eigenvalue weighted by Crippen LogP contribution is 2.40. The molecule has 0 aromatic heterocycles. The van der Waals surface area contributed by atoms with Gasteiger partial charge in [-0.05, 0) is 64.3 Å². The van der Waals surface area contributed by atoms with Crippen LogP contribution in [0.2, 0.25) is 0 Å². The molecule has 0 bridgehead atoms. The van der Waals surface area contributed by atoms with Crippen molar-refractivity contribution in [2.24, 2.45) is 0 Å². The Morgan fingerprint density at radius 3 is 2.66 bits per heavy atom. The van der Waals surface area contributed by atoms with E-state index in [4.69, 9.17) is 0 Å².